The second kappa shape index (κ2) is 4.49. The Morgan fingerprint density at radius 1 is 1.53 bits per heavy atom. The molecule has 17 heavy (non-hydrogen) atoms. The van der Waals surface area contributed by atoms with Gasteiger partial charge in [0.25, 0.3) is 0 Å². The Hall–Kier alpha value is -1.36. The molecule has 2 heterocycles. The quantitative estimate of drug-likeness (QED) is 0.881. The molecule has 0 saturated heterocycles. The van der Waals surface area contributed by atoms with Crippen LogP contribution in [0.4, 0.5) is 5.82 Å². The standard InChI is InChI=1S/C12H13BrN4/c13-10-8-15-17-7-5-11(16-12(10)17)14-6-1-2-9-3-4-9/h1-2,5,7-9H,3-4,6H2,(H,14,16)/b2-1+. The molecule has 4 nitrogen and oxygen atoms in total. The normalized spacial score (nSPS) is 15.8. The lowest BCUT2D eigenvalue weighted by Crippen LogP contribution is -2.02. The van der Waals surface area contributed by atoms with Crippen molar-refractivity contribution in [2.45, 2.75) is 12.8 Å². The third-order valence-corrected chi connectivity index (χ3v) is 3.32. The van der Waals surface area contributed by atoms with E-state index in [-0.39, 0.29) is 0 Å². The number of rotatable bonds is 4. The third-order valence-electron chi connectivity index (χ3n) is 2.76. The van der Waals surface area contributed by atoms with E-state index >= 15 is 0 Å². The number of anilines is 1. The van der Waals surface area contributed by atoms with Gasteiger partial charge in [-0.3, -0.25) is 0 Å². The predicted molar refractivity (Wildman–Crippen MR) is 71.0 cm³/mol. The number of hydrogen-bond donors (Lipinski definition) is 1. The fraction of sp³-hybridized carbons (Fsp3) is 0.333. The van der Waals surface area contributed by atoms with Gasteiger partial charge in [-0.15, -0.1) is 0 Å². The lowest BCUT2D eigenvalue weighted by molar-refractivity contribution is 0.939. The summed E-state index contributed by atoms with van der Waals surface area (Å²) in [5.41, 5.74) is 0.834. The van der Waals surface area contributed by atoms with Gasteiger partial charge in [0.05, 0.1) is 10.7 Å². The second-order valence-corrected chi connectivity index (χ2v) is 5.07. The summed E-state index contributed by atoms with van der Waals surface area (Å²) in [6, 6.07) is 1.93. The molecule has 1 aliphatic carbocycles. The van der Waals surface area contributed by atoms with E-state index in [0.717, 1.165) is 28.4 Å². The third kappa shape index (κ3) is 2.49. The van der Waals surface area contributed by atoms with Crippen molar-refractivity contribution in [3.63, 3.8) is 0 Å². The number of halogens is 1. The first kappa shape index (κ1) is 10.8. The minimum atomic E-state index is 0.825. The molecule has 0 aliphatic heterocycles. The lowest BCUT2D eigenvalue weighted by Gasteiger charge is -2.02. The number of allylic oxidation sites excluding steroid dienone is 1. The molecule has 5 heteroatoms. The SMILES string of the molecule is Brc1cnn2ccc(NC/C=C/C3CC3)nc12. The van der Waals surface area contributed by atoms with Crippen LogP contribution in [0, 0.1) is 5.92 Å². The van der Waals surface area contributed by atoms with Crippen LogP contribution in [0.3, 0.4) is 0 Å². The Bertz CT molecular complexity index is 557. The Balaban J connectivity index is 1.69. The van der Waals surface area contributed by atoms with Gasteiger partial charge >= 0.3 is 0 Å². The van der Waals surface area contributed by atoms with Crippen molar-refractivity contribution in [3.05, 3.63) is 35.1 Å². The van der Waals surface area contributed by atoms with E-state index in [4.69, 9.17) is 0 Å². The van der Waals surface area contributed by atoms with Gasteiger partial charge in [-0.05, 0) is 40.8 Å². The minimum absolute atomic E-state index is 0.825. The van der Waals surface area contributed by atoms with Crippen LogP contribution in [0.1, 0.15) is 12.8 Å². The minimum Gasteiger partial charge on any atom is -0.366 e. The highest BCUT2D eigenvalue weighted by molar-refractivity contribution is 9.10. The first-order valence-corrected chi connectivity index (χ1v) is 6.52. The van der Waals surface area contributed by atoms with Crippen molar-refractivity contribution in [1.29, 1.82) is 0 Å². The highest BCUT2D eigenvalue weighted by atomic mass is 79.9. The Kier molecular flexibility index (Phi) is 2.84. The van der Waals surface area contributed by atoms with Crippen LogP contribution in [-0.2, 0) is 0 Å². The Morgan fingerprint density at radius 3 is 3.24 bits per heavy atom. The monoisotopic (exact) mass is 292 g/mol. The number of nitrogens with one attached hydrogen (secondary N) is 1. The fourth-order valence-corrected chi connectivity index (χ4v) is 2.01. The van der Waals surface area contributed by atoms with E-state index in [1.165, 1.54) is 12.8 Å². The molecule has 0 unspecified atom stereocenters. The second-order valence-electron chi connectivity index (χ2n) is 4.22. The maximum Gasteiger partial charge on any atom is 0.171 e. The molecule has 2 aromatic heterocycles. The summed E-state index contributed by atoms with van der Waals surface area (Å²) in [5, 5.41) is 7.43. The maximum atomic E-state index is 4.48. The smallest absolute Gasteiger partial charge is 0.171 e. The summed E-state index contributed by atoms with van der Waals surface area (Å²) in [6.07, 6.45) is 10.8. The zero-order valence-electron chi connectivity index (χ0n) is 9.31. The van der Waals surface area contributed by atoms with Crippen molar-refractivity contribution >= 4 is 27.4 Å². The maximum absolute atomic E-state index is 4.48. The highest BCUT2D eigenvalue weighted by Gasteiger charge is 2.16. The molecule has 1 N–H and O–H groups in total. The van der Waals surface area contributed by atoms with Gasteiger partial charge in [0.2, 0.25) is 0 Å². The molecule has 1 fully saturated rings. The summed E-state index contributed by atoms with van der Waals surface area (Å²) in [7, 11) is 0. The van der Waals surface area contributed by atoms with Gasteiger partial charge in [0.15, 0.2) is 5.65 Å². The van der Waals surface area contributed by atoms with Crippen molar-refractivity contribution in [2.24, 2.45) is 5.92 Å². The van der Waals surface area contributed by atoms with Gasteiger partial charge in [0.1, 0.15) is 5.82 Å². The first-order chi connectivity index (χ1) is 8.33. The molecule has 0 atom stereocenters. The average molecular weight is 293 g/mol. The Morgan fingerprint density at radius 2 is 2.41 bits per heavy atom. The van der Waals surface area contributed by atoms with Gasteiger partial charge < -0.3 is 5.32 Å². The van der Waals surface area contributed by atoms with Crippen LogP contribution >= 0.6 is 15.9 Å². The topological polar surface area (TPSA) is 42.2 Å². The summed E-state index contributed by atoms with van der Waals surface area (Å²) in [4.78, 5) is 4.48. The molecular weight excluding hydrogens is 280 g/mol. The molecule has 0 radical (unpaired) electrons. The van der Waals surface area contributed by atoms with Gasteiger partial charge in [0, 0.05) is 12.7 Å². The van der Waals surface area contributed by atoms with Gasteiger partial charge in [-0.1, -0.05) is 12.2 Å². The van der Waals surface area contributed by atoms with Crippen molar-refractivity contribution in [1.82, 2.24) is 14.6 Å². The number of hydrogen-bond acceptors (Lipinski definition) is 3. The van der Waals surface area contributed by atoms with Crippen LogP contribution < -0.4 is 5.32 Å². The molecule has 1 saturated carbocycles. The zero-order chi connectivity index (χ0) is 11.7. The molecule has 0 bridgehead atoms. The molecule has 3 rings (SSSR count). The van der Waals surface area contributed by atoms with Crippen LogP contribution in [0.5, 0.6) is 0 Å². The molecule has 0 amide bonds. The largest absolute Gasteiger partial charge is 0.366 e. The molecular formula is C12H13BrN4. The lowest BCUT2D eigenvalue weighted by atomic mass is 10.3. The first-order valence-electron chi connectivity index (χ1n) is 5.73. The van der Waals surface area contributed by atoms with E-state index in [1.54, 1.807) is 10.7 Å². The predicted octanol–water partition coefficient (Wildman–Crippen LogP) is 2.87. The highest BCUT2D eigenvalue weighted by Crippen LogP contribution is 2.29. The van der Waals surface area contributed by atoms with Crippen molar-refractivity contribution in [3.8, 4) is 0 Å². The number of fused-ring (bicyclic) bond motifs is 1. The summed E-state index contributed by atoms with van der Waals surface area (Å²) in [5.74, 6) is 1.70. The number of nitrogens with zero attached hydrogens (tertiary/aromatic N) is 3. The zero-order valence-corrected chi connectivity index (χ0v) is 10.9. The summed E-state index contributed by atoms with van der Waals surface area (Å²) in [6.45, 7) is 0.825. The van der Waals surface area contributed by atoms with E-state index in [2.05, 4.69) is 43.5 Å². The molecule has 88 valence electrons. The summed E-state index contributed by atoms with van der Waals surface area (Å²) < 4.78 is 2.66. The Labute approximate surface area is 108 Å². The van der Waals surface area contributed by atoms with E-state index in [9.17, 15) is 0 Å². The molecule has 0 spiro atoms. The average Bonchev–Trinajstić information content (AvgIpc) is 3.10. The van der Waals surface area contributed by atoms with Crippen LogP contribution in [0.25, 0.3) is 5.65 Å². The number of aromatic nitrogens is 3. The van der Waals surface area contributed by atoms with Gasteiger partial charge in [-0.2, -0.15) is 5.10 Å². The van der Waals surface area contributed by atoms with E-state index in [1.807, 2.05) is 12.3 Å². The molecule has 0 aromatic carbocycles. The van der Waals surface area contributed by atoms with Crippen molar-refractivity contribution < 1.29 is 0 Å². The molecule has 1 aliphatic rings. The van der Waals surface area contributed by atoms with Gasteiger partial charge in [-0.25, -0.2) is 9.50 Å². The summed E-state index contributed by atoms with van der Waals surface area (Å²) >= 11 is 3.42. The molecule has 2 aromatic rings. The van der Waals surface area contributed by atoms with Crippen molar-refractivity contribution in [2.75, 3.05) is 11.9 Å². The van der Waals surface area contributed by atoms with Crippen LogP contribution in [0.2, 0.25) is 0 Å². The van der Waals surface area contributed by atoms with E-state index < -0.39 is 0 Å². The van der Waals surface area contributed by atoms with Crippen LogP contribution in [0.15, 0.2) is 35.1 Å². The van der Waals surface area contributed by atoms with E-state index in [0.29, 0.717) is 0 Å². The van der Waals surface area contributed by atoms with Crippen LogP contribution in [-0.4, -0.2) is 21.1 Å². The fourth-order valence-electron chi connectivity index (χ4n) is 1.65.